The van der Waals surface area contributed by atoms with Gasteiger partial charge in [-0.1, -0.05) is 84.4 Å². The molecule has 21 nitrogen and oxygen atoms in total. The van der Waals surface area contributed by atoms with Crippen LogP contribution < -0.4 is 0 Å². The molecule has 0 spiro atoms. The van der Waals surface area contributed by atoms with E-state index >= 15 is 0 Å². The van der Waals surface area contributed by atoms with E-state index in [2.05, 4.69) is 13.8 Å². The minimum atomic E-state index is -0.726. The van der Waals surface area contributed by atoms with Crippen molar-refractivity contribution in [3.63, 3.8) is 0 Å². The summed E-state index contributed by atoms with van der Waals surface area (Å²) in [5.74, 6) is -5.03. The SMILES string of the molecule is C.CCCCCOC(=O)c1cc(O)cc(C(=O)OCCCOC(=O)c2cc(C)cc(O)c2)c1.CCCCCOC(=O)c1ccc(C(=O)OCCCOC(=O)c2cc(C)cc(O)c2)cc1.CCCCCOC(=O)c1ccc(C(=O)OCCCOC(=O)c2ccc(C)cc2)cc1.F.[2HH].[Rf].[Rf].[Rf]. The fourth-order valence-electron chi connectivity index (χ4n) is 8.25. The van der Waals surface area contributed by atoms with Crippen LogP contribution in [0.2, 0.25) is 0 Å². The number of carbonyl (C=O) groups is 9. The standard InChI is InChI=1S/C24H28O8.C24H28O7.C24H28O6.CH4.FH.3Rf.H2/c1-3-4-5-7-30-23(28)18-12-19(15-21(26)14-18)24(29)32-9-6-8-31-22(27)17-10-16(2)11-20(25)13-17;1-3-4-5-11-29-22(26)18-7-9-19(10-8-18)23(27)30-12-6-13-31-24(28)20-14-17(2)15-21(25)16-20;1-3-4-5-15-28-23(26)20-11-13-21(14-12-20)24(27)30-17-6-16-29-22(25)19-9-7-18(2)8-10-19;;;;;;/h10-15,25-26H,3-9H2,1-2H3;7-10,14-16,25H,3-6,11-13H2,1-2H3;7-14H,3-6,15-17H2,1-2H3;1H4;1H;;;;1H/i;;;;;;;;1+1. The zero-order chi connectivity index (χ0) is 67.9. The predicted octanol–water partition coefficient (Wildman–Crippen LogP) is 14.4. The molecule has 0 unspecified atom stereocenters. The first-order valence-corrected chi connectivity index (χ1v) is 31.0. The van der Waals surface area contributed by atoms with Crippen LogP contribution in [0.25, 0.3) is 0 Å². The number of hydrogen-bond donors (Lipinski definition) is 3. The molecule has 0 atom stereocenters. The molecular weight excluding hydrogens is 2030 g/mol. The Balaban J connectivity index is -0.00000136. The van der Waals surface area contributed by atoms with Crippen molar-refractivity contribution in [3.05, 3.63) is 194 Å². The maximum absolute atomic E-state index is 12.2. The second kappa shape index (κ2) is 47.7. The minimum Gasteiger partial charge on any atom is -0.508 e. The van der Waals surface area contributed by atoms with E-state index in [0.29, 0.717) is 53.9 Å². The molecule has 0 aliphatic carbocycles. The van der Waals surface area contributed by atoms with Crippen molar-refractivity contribution in [2.45, 2.75) is 126 Å². The van der Waals surface area contributed by atoms with Crippen molar-refractivity contribution in [1.82, 2.24) is 0 Å². The number of unbranched alkanes of at least 4 members (excludes halogenated alkanes) is 6. The number of esters is 9. The van der Waals surface area contributed by atoms with Gasteiger partial charge in [0.25, 0.3) is 0 Å². The molecule has 0 amide bonds. The van der Waals surface area contributed by atoms with Crippen LogP contribution in [0.1, 0.15) is 217 Å². The van der Waals surface area contributed by atoms with Crippen LogP contribution in [0.5, 0.6) is 17.2 Å². The van der Waals surface area contributed by atoms with E-state index in [1.54, 1.807) is 56.3 Å². The zero-order valence-electron chi connectivity index (χ0n) is 56.2. The summed E-state index contributed by atoms with van der Waals surface area (Å²) in [7, 11) is 0. The molecule has 0 saturated heterocycles. The Morgan fingerprint density at radius 1 is 0.265 bits per heavy atom. The number of aromatic hydroxyl groups is 3. The van der Waals surface area contributed by atoms with Gasteiger partial charge >= 0.3 is 53.7 Å². The number of aryl methyl sites for hydroxylation is 3. The van der Waals surface area contributed by atoms with Gasteiger partial charge in [0.1, 0.15) is 17.2 Å². The van der Waals surface area contributed by atoms with Crippen LogP contribution in [0.15, 0.2) is 127 Å². The molecule has 6 rings (SSSR count). The molecule has 0 aliphatic heterocycles. The molecule has 0 fully saturated rings. The van der Waals surface area contributed by atoms with Crippen LogP contribution >= 0.6 is 0 Å². The van der Waals surface area contributed by atoms with Gasteiger partial charge in [0, 0.05) is 20.7 Å². The van der Waals surface area contributed by atoms with E-state index in [1.807, 2.05) is 26.0 Å². The quantitative estimate of drug-likeness (QED) is 0.0196. The molecule has 6 aromatic carbocycles. The minimum absolute atomic E-state index is 0. The number of phenols is 3. The van der Waals surface area contributed by atoms with Crippen molar-refractivity contribution in [2.24, 2.45) is 0 Å². The molecule has 0 radical (unpaired) electrons. The summed E-state index contributed by atoms with van der Waals surface area (Å²) in [6, 6.07) is 32.0. The van der Waals surface area contributed by atoms with Crippen molar-refractivity contribution < 1.29 is 107 Å². The average molecular weight is 2130 g/mol. The number of phenolic OH excluding ortho intramolecular Hbond substituents is 3. The van der Waals surface area contributed by atoms with E-state index in [9.17, 15) is 58.5 Å². The van der Waals surface area contributed by atoms with E-state index in [-0.39, 0.29) is 106 Å². The molecule has 522 valence electrons. The Bertz CT molecular complexity index is 3370. The van der Waals surface area contributed by atoms with Gasteiger partial charge in [0.15, 0.2) is 0 Å². The zero-order valence-corrected chi connectivity index (χ0v) is 75.4. The number of rotatable bonds is 33. The maximum Gasteiger partial charge on any atom is 0.338 e. The monoisotopic (exact) mass is 2120 g/mol. The number of halogens is 1. The molecule has 6 aromatic rings. The first kappa shape index (κ1) is 86.9. The van der Waals surface area contributed by atoms with E-state index < -0.39 is 53.7 Å². The number of hydrogen-bond acceptors (Lipinski definition) is 21. The predicted molar refractivity (Wildman–Crippen MR) is 354 cm³/mol. The fourth-order valence-corrected chi connectivity index (χ4v) is 8.25. The molecule has 3 N–H and O–H groups in total. The number of ether oxygens (including phenoxy) is 9. The molecule has 25 heteroatoms. The fraction of sp³-hybridized carbons (Fsp3) is 0.384. The van der Waals surface area contributed by atoms with Crippen LogP contribution in [0.3, 0.4) is 0 Å². The Hall–Kier alpha value is -13.1. The van der Waals surface area contributed by atoms with Crippen LogP contribution in [0.4, 0.5) is 4.70 Å². The molecule has 98 heavy (non-hydrogen) atoms. The first-order chi connectivity index (χ1) is 44.7. The smallest absolute Gasteiger partial charge is 0.338 e. The van der Waals surface area contributed by atoms with E-state index in [4.69, 9.17) is 42.6 Å². The van der Waals surface area contributed by atoms with Gasteiger partial charge in [-0.15, -0.1) is 0 Å². The Kier molecular flexibility index (Phi) is 42.3. The van der Waals surface area contributed by atoms with E-state index in [0.717, 1.165) is 74.5 Å². The third-order valence-corrected chi connectivity index (χ3v) is 13.2. The van der Waals surface area contributed by atoms with Crippen LogP contribution in [-0.4, -0.2) is 129 Å². The molecule has 0 heterocycles. The third-order valence-electron chi connectivity index (χ3n) is 13.2. The summed E-state index contributed by atoms with van der Waals surface area (Å²) in [6.45, 7) is 13.1. The maximum atomic E-state index is 12.2. The van der Waals surface area contributed by atoms with E-state index in [1.165, 1.54) is 72.8 Å². The number of benzene rings is 6. The summed E-state index contributed by atoms with van der Waals surface area (Å²) in [5.41, 5.74) is 5.01. The first-order valence-electron chi connectivity index (χ1n) is 31.0. The van der Waals surface area contributed by atoms with Gasteiger partial charge in [-0.25, -0.2) is 43.2 Å². The third kappa shape index (κ3) is 32.4. The Labute approximate surface area is 555 Å². The van der Waals surface area contributed by atoms with Gasteiger partial charge in [0.2, 0.25) is 0 Å². The van der Waals surface area contributed by atoms with Gasteiger partial charge in [-0.05, 0) is 166 Å². The van der Waals surface area contributed by atoms with Crippen molar-refractivity contribution in [1.29, 1.82) is 0 Å². The van der Waals surface area contributed by atoms with Gasteiger partial charge in [-0.2, -0.15) is 0 Å². The molecule has 0 saturated carbocycles. The normalized spacial score (nSPS) is 9.86. The largest absolute Gasteiger partial charge is 0.508 e. The summed E-state index contributed by atoms with van der Waals surface area (Å²) >= 11 is 0. The summed E-state index contributed by atoms with van der Waals surface area (Å²) < 4.78 is 46.4. The Morgan fingerprint density at radius 2 is 0.449 bits per heavy atom. The summed E-state index contributed by atoms with van der Waals surface area (Å²) in [5, 5.41) is 28.9. The summed E-state index contributed by atoms with van der Waals surface area (Å²) in [6.07, 6.45) is 9.45. The van der Waals surface area contributed by atoms with Crippen molar-refractivity contribution in [3.8, 4) is 17.2 Å². The Morgan fingerprint density at radius 3 is 0.663 bits per heavy atom. The van der Waals surface area contributed by atoms with Crippen molar-refractivity contribution in [2.75, 3.05) is 59.5 Å². The van der Waals surface area contributed by atoms with Gasteiger partial charge in [0.05, 0.1) is 110 Å². The topological polar surface area (TPSA) is 297 Å². The molecular formula is C73H91FO21Rf3. The second-order valence-corrected chi connectivity index (χ2v) is 21.3. The molecule has 0 aliphatic rings. The van der Waals surface area contributed by atoms with Gasteiger partial charge < -0.3 is 58.0 Å². The average Bonchev–Trinajstić information content (AvgIpc) is 0.874. The van der Waals surface area contributed by atoms with Gasteiger partial charge in [-0.3, -0.25) is 4.70 Å². The van der Waals surface area contributed by atoms with Crippen LogP contribution in [-0.2, 0) is 42.6 Å². The van der Waals surface area contributed by atoms with Crippen molar-refractivity contribution >= 4 is 53.7 Å². The number of carbonyl (C=O) groups excluding carboxylic acids is 9. The second-order valence-electron chi connectivity index (χ2n) is 21.3. The van der Waals surface area contributed by atoms with Crippen LogP contribution in [0, 0.1) is 20.8 Å². The molecule has 0 bridgehead atoms. The molecule has 0 aromatic heterocycles. The summed E-state index contributed by atoms with van der Waals surface area (Å²) in [4.78, 5) is 108.